The zero-order valence-corrected chi connectivity index (χ0v) is 12.5. The fraction of sp³-hybridized carbons (Fsp3) is 0.538. The maximum atomic E-state index is 11.7. The van der Waals surface area contributed by atoms with Crippen LogP contribution in [0, 0.1) is 6.92 Å². The lowest BCUT2D eigenvalue weighted by Gasteiger charge is -2.28. The van der Waals surface area contributed by atoms with Gasteiger partial charge in [0.15, 0.2) is 5.82 Å². The third kappa shape index (κ3) is 3.39. The van der Waals surface area contributed by atoms with Crippen molar-refractivity contribution in [2.24, 2.45) is 10.2 Å². The molecule has 8 nitrogen and oxygen atoms in total. The van der Waals surface area contributed by atoms with Crippen LogP contribution in [0.25, 0.3) is 0 Å². The lowest BCUT2D eigenvalue weighted by atomic mass is 10.3. The highest BCUT2D eigenvalue weighted by molar-refractivity contribution is 5.89. The van der Waals surface area contributed by atoms with E-state index in [0.717, 1.165) is 18.7 Å². The molecule has 0 fully saturated rings. The Morgan fingerprint density at radius 3 is 2.71 bits per heavy atom. The van der Waals surface area contributed by atoms with Gasteiger partial charge in [0, 0.05) is 32.2 Å². The van der Waals surface area contributed by atoms with Crippen molar-refractivity contribution in [3.63, 3.8) is 0 Å². The fourth-order valence-corrected chi connectivity index (χ4v) is 1.83. The van der Waals surface area contributed by atoms with Crippen molar-refractivity contribution >= 4 is 11.8 Å². The van der Waals surface area contributed by atoms with Gasteiger partial charge >= 0.3 is 11.9 Å². The molecule has 114 valence electrons. The Kier molecular flexibility index (Phi) is 3.97. The molecule has 0 bridgehead atoms. The van der Waals surface area contributed by atoms with E-state index in [1.807, 2.05) is 13.8 Å². The van der Waals surface area contributed by atoms with Crippen LogP contribution >= 0.6 is 0 Å². The molecule has 1 aliphatic heterocycles. The number of rotatable bonds is 4. The van der Waals surface area contributed by atoms with Gasteiger partial charge in [-0.25, -0.2) is 4.79 Å². The second-order valence-electron chi connectivity index (χ2n) is 5.11. The van der Waals surface area contributed by atoms with Gasteiger partial charge in [0.1, 0.15) is 0 Å². The molecule has 1 aromatic rings. The molecule has 0 unspecified atom stereocenters. The number of hydrogen-bond donors (Lipinski definition) is 1. The number of cyclic esters (lactones) is 1. The first-order valence-corrected chi connectivity index (χ1v) is 6.64. The van der Waals surface area contributed by atoms with E-state index in [1.54, 1.807) is 10.7 Å². The number of carbonyl (C=O) groups is 1. The molecule has 1 aromatic heterocycles. The smallest absolute Gasteiger partial charge is 0.369 e. The molecule has 21 heavy (non-hydrogen) atoms. The van der Waals surface area contributed by atoms with Crippen molar-refractivity contribution in [1.29, 1.82) is 0 Å². The van der Waals surface area contributed by atoms with Gasteiger partial charge in [-0.1, -0.05) is 6.92 Å². The van der Waals surface area contributed by atoms with Gasteiger partial charge in [-0.15, -0.1) is 10.2 Å². The first-order chi connectivity index (χ1) is 9.82. The van der Waals surface area contributed by atoms with Crippen molar-refractivity contribution in [2.75, 3.05) is 0 Å². The Balaban J connectivity index is 2.21. The summed E-state index contributed by atoms with van der Waals surface area (Å²) in [6, 6.07) is 1.73. The molecule has 0 atom stereocenters. The number of carbonyl (C=O) groups excluding carboxylic acids is 1. The molecule has 0 aromatic carbocycles. The van der Waals surface area contributed by atoms with Gasteiger partial charge in [-0.05, 0) is 13.3 Å². The third-order valence-electron chi connectivity index (χ3n) is 2.73. The first-order valence-electron chi connectivity index (χ1n) is 6.64. The van der Waals surface area contributed by atoms with Crippen molar-refractivity contribution in [3.8, 4) is 0 Å². The fourth-order valence-electron chi connectivity index (χ4n) is 1.83. The Morgan fingerprint density at radius 2 is 2.10 bits per heavy atom. The number of hydrogen-bond acceptors (Lipinski definition) is 7. The van der Waals surface area contributed by atoms with E-state index in [0.29, 0.717) is 5.82 Å². The van der Waals surface area contributed by atoms with Crippen LogP contribution in [0.4, 0.5) is 5.82 Å². The molecular weight excluding hydrogens is 276 g/mol. The van der Waals surface area contributed by atoms with Gasteiger partial charge in [0.2, 0.25) is 0 Å². The molecule has 2 rings (SSSR count). The maximum absolute atomic E-state index is 11.7. The van der Waals surface area contributed by atoms with Crippen LogP contribution in [0.3, 0.4) is 0 Å². The number of azo groups is 1. The number of nitrogens with zero attached hydrogens (tertiary/aromatic N) is 4. The van der Waals surface area contributed by atoms with E-state index in [2.05, 4.69) is 15.3 Å². The number of esters is 1. The highest BCUT2D eigenvalue weighted by Gasteiger charge is 2.36. The summed E-state index contributed by atoms with van der Waals surface area (Å²) >= 11 is 0. The summed E-state index contributed by atoms with van der Waals surface area (Å²) < 4.78 is 11.8. The Labute approximate surface area is 122 Å². The maximum Gasteiger partial charge on any atom is 0.369 e. The SMILES string of the molecule is CCCn1nc(N=NC2=C(O)OC(C)(C)OC2=O)cc1C. The largest absolute Gasteiger partial charge is 0.479 e. The normalized spacial score (nSPS) is 18.0. The van der Waals surface area contributed by atoms with Gasteiger partial charge in [0.25, 0.3) is 11.5 Å². The number of aliphatic hydroxyl groups excluding tert-OH is 1. The quantitative estimate of drug-likeness (QED) is 0.680. The van der Waals surface area contributed by atoms with Crippen molar-refractivity contribution in [1.82, 2.24) is 9.78 Å². The number of aliphatic hydroxyl groups is 1. The summed E-state index contributed by atoms with van der Waals surface area (Å²) in [5.74, 6) is -2.28. The standard InChI is InChI=1S/C13H18N4O4/c1-5-6-17-8(2)7-9(16-17)14-15-10-11(18)20-13(3,4)21-12(10)19/h7,18H,5-6H2,1-4H3. The van der Waals surface area contributed by atoms with E-state index in [-0.39, 0.29) is 5.70 Å². The minimum absolute atomic E-state index is 0.346. The number of ether oxygens (including phenoxy) is 2. The predicted octanol–water partition coefficient (Wildman–Crippen LogP) is 2.72. The minimum atomic E-state index is -1.22. The molecule has 1 aliphatic rings. The first kappa shape index (κ1) is 15.0. The molecule has 2 heterocycles. The van der Waals surface area contributed by atoms with Crippen LogP contribution < -0.4 is 0 Å². The molecule has 0 amide bonds. The van der Waals surface area contributed by atoms with Crippen LogP contribution in [0.15, 0.2) is 27.9 Å². The van der Waals surface area contributed by atoms with Gasteiger partial charge < -0.3 is 14.6 Å². The molecule has 0 spiro atoms. The monoisotopic (exact) mass is 294 g/mol. The molecule has 1 N–H and O–H groups in total. The zero-order chi connectivity index (χ0) is 15.6. The van der Waals surface area contributed by atoms with Gasteiger partial charge in [-0.2, -0.15) is 5.10 Å². The predicted molar refractivity (Wildman–Crippen MR) is 72.7 cm³/mol. The lowest BCUT2D eigenvalue weighted by Crippen LogP contribution is -2.36. The molecule has 0 aliphatic carbocycles. The van der Waals surface area contributed by atoms with E-state index >= 15 is 0 Å². The second-order valence-corrected chi connectivity index (χ2v) is 5.11. The van der Waals surface area contributed by atoms with Crippen molar-refractivity contribution in [3.05, 3.63) is 23.4 Å². The average molecular weight is 294 g/mol. The minimum Gasteiger partial charge on any atom is -0.479 e. The van der Waals surface area contributed by atoms with Crippen molar-refractivity contribution < 1.29 is 19.4 Å². The van der Waals surface area contributed by atoms with Crippen LogP contribution in [-0.4, -0.2) is 26.6 Å². The van der Waals surface area contributed by atoms with Gasteiger partial charge in [0.05, 0.1) is 0 Å². The van der Waals surface area contributed by atoms with E-state index in [9.17, 15) is 9.90 Å². The molecule has 8 heteroatoms. The molecule has 0 saturated heterocycles. The Hall–Kier alpha value is -2.38. The van der Waals surface area contributed by atoms with E-state index in [1.165, 1.54) is 13.8 Å². The van der Waals surface area contributed by atoms with Gasteiger partial charge in [-0.3, -0.25) is 4.68 Å². The summed E-state index contributed by atoms with van der Waals surface area (Å²) in [6.45, 7) is 7.73. The zero-order valence-electron chi connectivity index (χ0n) is 12.5. The third-order valence-corrected chi connectivity index (χ3v) is 2.73. The molecule has 0 radical (unpaired) electrons. The Morgan fingerprint density at radius 1 is 1.38 bits per heavy atom. The highest BCUT2D eigenvalue weighted by atomic mass is 16.8. The van der Waals surface area contributed by atoms with E-state index < -0.39 is 17.7 Å². The van der Waals surface area contributed by atoms with Crippen LogP contribution in [0.5, 0.6) is 0 Å². The van der Waals surface area contributed by atoms with Crippen LogP contribution in [0.1, 0.15) is 32.9 Å². The van der Waals surface area contributed by atoms with Crippen molar-refractivity contribution in [2.45, 2.75) is 46.4 Å². The second kappa shape index (κ2) is 5.55. The topological polar surface area (TPSA) is 98.3 Å². The number of aromatic nitrogens is 2. The summed E-state index contributed by atoms with van der Waals surface area (Å²) in [4.78, 5) is 11.7. The molecule has 0 saturated carbocycles. The summed E-state index contributed by atoms with van der Waals surface area (Å²) in [5, 5.41) is 21.4. The van der Waals surface area contributed by atoms with Crippen LogP contribution in [0.2, 0.25) is 0 Å². The van der Waals surface area contributed by atoms with E-state index in [4.69, 9.17) is 9.47 Å². The van der Waals surface area contributed by atoms with Crippen LogP contribution in [-0.2, 0) is 20.8 Å². The summed E-state index contributed by atoms with van der Waals surface area (Å²) in [6.07, 6.45) is 0.945. The lowest BCUT2D eigenvalue weighted by molar-refractivity contribution is -0.222. The Bertz CT molecular complexity index is 616. The molecular formula is C13H18N4O4. The summed E-state index contributed by atoms with van der Waals surface area (Å²) in [7, 11) is 0. The summed E-state index contributed by atoms with van der Waals surface area (Å²) in [5.41, 5.74) is 0.560. The average Bonchev–Trinajstić information content (AvgIpc) is 2.68. The highest BCUT2D eigenvalue weighted by Crippen LogP contribution is 2.26. The number of aryl methyl sites for hydroxylation is 2.